The van der Waals surface area contributed by atoms with Crippen LogP contribution in [0.2, 0.25) is 0 Å². The maximum absolute atomic E-state index is 12.2. The van der Waals surface area contributed by atoms with Gasteiger partial charge in [0.2, 0.25) is 0 Å². The molecule has 0 saturated heterocycles. The van der Waals surface area contributed by atoms with E-state index in [0.29, 0.717) is 30.2 Å². The number of aromatic nitrogens is 3. The zero-order valence-corrected chi connectivity index (χ0v) is 13.3. The van der Waals surface area contributed by atoms with Crippen LogP contribution < -0.4 is 5.32 Å². The van der Waals surface area contributed by atoms with E-state index in [1.54, 1.807) is 6.20 Å². The molecule has 0 aromatic carbocycles. The van der Waals surface area contributed by atoms with Crippen LogP contribution in [0.25, 0.3) is 10.9 Å². The third-order valence-corrected chi connectivity index (χ3v) is 3.38. The highest BCUT2D eigenvalue weighted by Gasteiger charge is 2.22. The average molecular weight is 303 g/mol. The quantitative estimate of drug-likeness (QED) is 0.841. The lowest BCUT2D eigenvalue weighted by Gasteiger charge is -2.22. The van der Waals surface area contributed by atoms with Crippen LogP contribution in [0.15, 0.2) is 12.4 Å². The summed E-state index contributed by atoms with van der Waals surface area (Å²) in [7, 11) is 0. The third-order valence-electron chi connectivity index (χ3n) is 3.38. The van der Waals surface area contributed by atoms with Crippen LogP contribution in [0.4, 0.5) is 5.69 Å². The molecule has 0 aliphatic heterocycles. The van der Waals surface area contributed by atoms with Crippen molar-refractivity contribution in [3.8, 4) is 0 Å². The molecule has 2 rings (SSSR count). The van der Waals surface area contributed by atoms with E-state index in [0.717, 1.165) is 11.1 Å². The van der Waals surface area contributed by atoms with Crippen molar-refractivity contribution in [2.75, 3.05) is 18.4 Å². The minimum absolute atomic E-state index is 0.303. The third kappa shape index (κ3) is 3.24. The van der Waals surface area contributed by atoms with Gasteiger partial charge >= 0.3 is 11.8 Å². The molecule has 7 heteroatoms. The van der Waals surface area contributed by atoms with E-state index >= 15 is 0 Å². The average Bonchev–Trinajstić information content (AvgIpc) is 2.97. The van der Waals surface area contributed by atoms with Crippen LogP contribution in [0.1, 0.15) is 26.5 Å². The first-order chi connectivity index (χ1) is 10.4. The number of fused-ring (bicyclic) bond motifs is 1. The number of rotatable bonds is 4. The molecule has 7 nitrogen and oxygen atoms in total. The molecule has 0 aliphatic rings. The Bertz CT molecular complexity index is 692. The van der Waals surface area contributed by atoms with Gasteiger partial charge < -0.3 is 10.2 Å². The SMILES string of the molecule is CCN(CC(C)C)C(=O)C(=O)Nc1cnc(C)c2cn[nH]c12. The van der Waals surface area contributed by atoms with Gasteiger partial charge in [0, 0.05) is 24.2 Å². The van der Waals surface area contributed by atoms with Gasteiger partial charge in [0.05, 0.1) is 23.6 Å². The first kappa shape index (κ1) is 15.9. The van der Waals surface area contributed by atoms with Crippen LogP contribution in [0, 0.1) is 12.8 Å². The van der Waals surface area contributed by atoms with E-state index < -0.39 is 11.8 Å². The van der Waals surface area contributed by atoms with Gasteiger partial charge in [-0.3, -0.25) is 19.7 Å². The Morgan fingerprint density at radius 1 is 1.36 bits per heavy atom. The second-order valence-electron chi connectivity index (χ2n) is 5.61. The summed E-state index contributed by atoms with van der Waals surface area (Å²) in [5.74, 6) is -0.898. The number of aromatic amines is 1. The van der Waals surface area contributed by atoms with Crippen LogP contribution in [-0.2, 0) is 9.59 Å². The van der Waals surface area contributed by atoms with E-state index in [1.165, 1.54) is 11.1 Å². The zero-order valence-electron chi connectivity index (χ0n) is 13.3. The van der Waals surface area contributed by atoms with Gasteiger partial charge in [0.25, 0.3) is 0 Å². The van der Waals surface area contributed by atoms with Crippen molar-refractivity contribution in [2.24, 2.45) is 5.92 Å². The van der Waals surface area contributed by atoms with Crippen LogP contribution in [0.3, 0.4) is 0 Å². The Balaban J connectivity index is 2.18. The Kier molecular flexibility index (Phi) is 4.75. The molecular weight excluding hydrogens is 282 g/mol. The standard InChI is InChI=1S/C15H21N5O2/c1-5-20(8-9(2)3)15(22)14(21)18-12-7-16-10(4)11-6-17-19-13(11)12/h6-7,9H,5,8H2,1-4H3,(H,17,19)(H,18,21). The molecule has 2 aromatic rings. The van der Waals surface area contributed by atoms with Gasteiger partial charge in [-0.1, -0.05) is 13.8 Å². The van der Waals surface area contributed by atoms with Crippen molar-refractivity contribution >= 4 is 28.4 Å². The lowest BCUT2D eigenvalue weighted by Crippen LogP contribution is -2.41. The molecule has 0 radical (unpaired) electrons. The fourth-order valence-corrected chi connectivity index (χ4v) is 2.27. The second-order valence-corrected chi connectivity index (χ2v) is 5.61. The number of anilines is 1. The molecule has 2 amide bonds. The van der Waals surface area contributed by atoms with E-state index in [2.05, 4.69) is 20.5 Å². The van der Waals surface area contributed by atoms with Crippen molar-refractivity contribution in [3.63, 3.8) is 0 Å². The maximum Gasteiger partial charge on any atom is 0.314 e. The number of nitrogens with one attached hydrogen (secondary N) is 2. The highest BCUT2D eigenvalue weighted by molar-refractivity contribution is 6.40. The highest BCUT2D eigenvalue weighted by atomic mass is 16.2. The van der Waals surface area contributed by atoms with Crippen molar-refractivity contribution in [1.82, 2.24) is 20.1 Å². The zero-order chi connectivity index (χ0) is 16.3. The molecule has 0 bridgehead atoms. The van der Waals surface area contributed by atoms with Crippen LogP contribution in [-0.4, -0.2) is 45.0 Å². The predicted octanol–water partition coefficient (Wildman–Crippen LogP) is 1.71. The summed E-state index contributed by atoms with van der Waals surface area (Å²) < 4.78 is 0. The molecule has 0 aliphatic carbocycles. The Labute approximate surface area is 129 Å². The number of carbonyl (C=O) groups excluding carboxylic acids is 2. The van der Waals surface area contributed by atoms with E-state index in [1.807, 2.05) is 27.7 Å². The van der Waals surface area contributed by atoms with Crippen molar-refractivity contribution in [1.29, 1.82) is 0 Å². The van der Waals surface area contributed by atoms with E-state index in [4.69, 9.17) is 0 Å². The molecular formula is C15H21N5O2. The molecule has 2 heterocycles. The molecule has 22 heavy (non-hydrogen) atoms. The lowest BCUT2D eigenvalue weighted by molar-refractivity contribution is -0.143. The van der Waals surface area contributed by atoms with Gasteiger partial charge in [-0.2, -0.15) is 5.10 Å². The lowest BCUT2D eigenvalue weighted by atomic mass is 10.2. The van der Waals surface area contributed by atoms with Crippen LogP contribution in [0.5, 0.6) is 0 Å². The number of hydrogen-bond acceptors (Lipinski definition) is 4. The van der Waals surface area contributed by atoms with Crippen molar-refractivity contribution < 1.29 is 9.59 Å². The fourth-order valence-electron chi connectivity index (χ4n) is 2.27. The number of aryl methyl sites for hydroxylation is 1. The van der Waals surface area contributed by atoms with E-state index in [-0.39, 0.29) is 0 Å². The molecule has 0 unspecified atom stereocenters. The normalized spacial score (nSPS) is 11.0. The molecule has 0 spiro atoms. The van der Waals surface area contributed by atoms with Crippen molar-refractivity contribution in [3.05, 3.63) is 18.1 Å². The van der Waals surface area contributed by atoms with Gasteiger partial charge in [0.15, 0.2) is 0 Å². The second kappa shape index (κ2) is 6.55. The number of nitrogens with zero attached hydrogens (tertiary/aromatic N) is 3. The minimum atomic E-state index is -0.663. The summed E-state index contributed by atoms with van der Waals surface area (Å²) in [4.78, 5) is 30.1. The van der Waals surface area contributed by atoms with Crippen molar-refractivity contribution in [2.45, 2.75) is 27.7 Å². The van der Waals surface area contributed by atoms with Gasteiger partial charge in [-0.25, -0.2) is 0 Å². The predicted molar refractivity (Wildman–Crippen MR) is 84.3 cm³/mol. The summed E-state index contributed by atoms with van der Waals surface area (Å²) in [6.45, 7) is 8.77. The number of pyridine rings is 1. The summed E-state index contributed by atoms with van der Waals surface area (Å²) >= 11 is 0. The molecule has 118 valence electrons. The monoisotopic (exact) mass is 303 g/mol. The maximum atomic E-state index is 12.2. The first-order valence-corrected chi connectivity index (χ1v) is 7.33. The number of H-pyrrole nitrogens is 1. The number of likely N-dealkylation sites (N-methyl/N-ethyl adjacent to an activating group) is 1. The largest absolute Gasteiger partial charge is 0.334 e. The van der Waals surface area contributed by atoms with Gasteiger partial charge in [-0.15, -0.1) is 0 Å². The molecule has 0 fully saturated rings. The molecule has 2 N–H and O–H groups in total. The topological polar surface area (TPSA) is 91.0 Å². The smallest absolute Gasteiger partial charge is 0.314 e. The summed E-state index contributed by atoms with van der Waals surface area (Å²) in [5, 5.41) is 10.2. The summed E-state index contributed by atoms with van der Waals surface area (Å²) in [6, 6.07) is 0. The van der Waals surface area contributed by atoms with E-state index in [9.17, 15) is 9.59 Å². The highest BCUT2D eigenvalue weighted by Crippen LogP contribution is 2.22. The minimum Gasteiger partial charge on any atom is -0.334 e. The number of amides is 2. The fraction of sp³-hybridized carbons (Fsp3) is 0.467. The molecule has 0 atom stereocenters. The summed E-state index contributed by atoms with van der Waals surface area (Å²) in [5.41, 5.74) is 1.93. The number of carbonyl (C=O) groups is 2. The number of hydrogen-bond donors (Lipinski definition) is 2. The Morgan fingerprint density at radius 3 is 2.73 bits per heavy atom. The van der Waals surface area contributed by atoms with Crippen LogP contribution >= 0.6 is 0 Å². The molecule has 2 aromatic heterocycles. The molecule has 0 saturated carbocycles. The first-order valence-electron chi connectivity index (χ1n) is 7.33. The Hall–Kier alpha value is -2.44. The van der Waals surface area contributed by atoms with Gasteiger partial charge in [-0.05, 0) is 19.8 Å². The summed E-state index contributed by atoms with van der Waals surface area (Å²) in [6.07, 6.45) is 3.17. The Morgan fingerprint density at radius 2 is 2.09 bits per heavy atom. The van der Waals surface area contributed by atoms with Gasteiger partial charge in [0.1, 0.15) is 0 Å².